The zero-order valence-corrected chi connectivity index (χ0v) is 17.6. The van der Waals surface area contributed by atoms with Gasteiger partial charge < -0.3 is 16.0 Å². The summed E-state index contributed by atoms with van der Waals surface area (Å²) in [6, 6.07) is 7.04. The highest BCUT2D eigenvalue weighted by Gasteiger charge is 2.22. The number of pyridine rings is 2. The van der Waals surface area contributed by atoms with E-state index in [0.29, 0.717) is 29.8 Å². The zero-order chi connectivity index (χ0) is 22.1. The highest BCUT2D eigenvalue weighted by molar-refractivity contribution is 5.88. The lowest BCUT2D eigenvalue weighted by Gasteiger charge is -2.33. The number of allylic oxidation sites excluding steroid dienone is 1. The van der Waals surface area contributed by atoms with Crippen LogP contribution >= 0.6 is 0 Å². The van der Waals surface area contributed by atoms with E-state index in [2.05, 4.69) is 25.6 Å². The molecule has 1 aliphatic rings. The second-order valence-corrected chi connectivity index (χ2v) is 7.31. The molecule has 8 nitrogen and oxygen atoms in total. The van der Waals surface area contributed by atoms with Gasteiger partial charge in [0.1, 0.15) is 5.82 Å². The molecule has 1 fully saturated rings. The van der Waals surface area contributed by atoms with Crippen LogP contribution in [0, 0.1) is 11.9 Å². The SMILES string of the molecule is CCNC(=O)Nc1cc(CC2CCN(c3ccc(N=C/C=C\N)nc3F)CC2)ccn1. The van der Waals surface area contributed by atoms with Crippen LogP contribution in [0.3, 0.4) is 0 Å². The minimum Gasteiger partial charge on any atom is -0.405 e. The van der Waals surface area contributed by atoms with Gasteiger partial charge in [0.05, 0.1) is 5.69 Å². The number of nitrogens with two attached hydrogens (primary N) is 1. The maximum absolute atomic E-state index is 14.5. The van der Waals surface area contributed by atoms with Gasteiger partial charge in [0, 0.05) is 32.0 Å². The van der Waals surface area contributed by atoms with Crippen molar-refractivity contribution in [3.05, 3.63) is 54.2 Å². The molecule has 2 amide bonds. The third-order valence-electron chi connectivity index (χ3n) is 5.10. The smallest absolute Gasteiger partial charge is 0.320 e. The van der Waals surface area contributed by atoms with Crippen molar-refractivity contribution in [1.82, 2.24) is 15.3 Å². The first-order valence-corrected chi connectivity index (χ1v) is 10.4. The Morgan fingerprint density at radius 2 is 2.16 bits per heavy atom. The van der Waals surface area contributed by atoms with E-state index in [4.69, 9.17) is 5.73 Å². The molecule has 0 unspecified atom stereocenters. The van der Waals surface area contributed by atoms with Crippen LogP contribution in [0.2, 0.25) is 0 Å². The van der Waals surface area contributed by atoms with E-state index in [1.54, 1.807) is 24.4 Å². The second kappa shape index (κ2) is 11.1. The highest BCUT2D eigenvalue weighted by Crippen LogP contribution is 2.28. The molecule has 9 heteroatoms. The predicted octanol–water partition coefficient (Wildman–Crippen LogP) is 3.39. The average Bonchev–Trinajstić information content (AvgIpc) is 2.75. The Morgan fingerprint density at radius 1 is 1.35 bits per heavy atom. The van der Waals surface area contributed by atoms with Crippen LogP contribution in [0.25, 0.3) is 0 Å². The summed E-state index contributed by atoms with van der Waals surface area (Å²) in [6.07, 6.45) is 8.88. The molecule has 2 aromatic heterocycles. The number of anilines is 2. The number of nitrogens with zero attached hydrogens (tertiary/aromatic N) is 4. The van der Waals surface area contributed by atoms with E-state index in [1.165, 1.54) is 12.4 Å². The summed E-state index contributed by atoms with van der Waals surface area (Å²) < 4.78 is 14.5. The summed E-state index contributed by atoms with van der Waals surface area (Å²) in [7, 11) is 0. The van der Waals surface area contributed by atoms with E-state index < -0.39 is 5.95 Å². The van der Waals surface area contributed by atoms with Crippen LogP contribution in [0.1, 0.15) is 25.3 Å². The molecule has 0 aliphatic carbocycles. The number of aromatic nitrogens is 2. The molecule has 3 rings (SSSR count). The number of aliphatic imine (C=N–C) groups is 1. The Kier molecular flexibility index (Phi) is 7.91. The number of piperidine rings is 1. The number of nitrogens with one attached hydrogen (secondary N) is 2. The van der Waals surface area contributed by atoms with Crippen LogP contribution in [0.4, 0.5) is 26.5 Å². The summed E-state index contributed by atoms with van der Waals surface area (Å²) in [6.45, 7) is 3.94. The first-order valence-electron chi connectivity index (χ1n) is 10.4. The van der Waals surface area contributed by atoms with Gasteiger partial charge in [-0.2, -0.15) is 9.37 Å². The first kappa shape index (κ1) is 22.2. The molecular formula is C22H28FN7O. The second-order valence-electron chi connectivity index (χ2n) is 7.31. The van der Waals surface area contributed by atoms with Crippen molar-refractivity contribution in [2.75, 3.05) is 29.9 Å². The number of hydrogen-bond acceptors (Lipinski definition) is 6. The van der Waals surface area contributed by atoms with Crippen LogP contribution in [0.5, 0.6) is 0 Å². The van der Waals surface area contributed by atoms with Gasteiger partial charge in [0.2, 0.25) is 5.95 Å². The van der Waals surface area contributed by atoms with E-state index in [9.17, 15) is 9.18 Å². The van der Waals surface area contributed by atoms with Crippen molar-refractivity contribution in [1.29, 1.82) is 0 Å². The monoisotopic (exact) mass is 425 g/mol. The maximum atomic E-state index is 14.5. The number of carbonyl (C=O) groups is 1. The molecule has 1 saturated heterocycles. The molecular weight excluding hydrogens is 397 g/mol. The van der Waals surface area contributed by atoms with Crippen LogP contribution < -0.4 is 21.3 Å². The Morgan fingerprint density at radius 3 is 2.87 bits per heavy atom. The van der Waals surface area contributed by atoms with Gasteiger partial charge in [-0.25, -0.2) is 14.8 Å². The van der Waals surface area contributed by atoms with Crippen molar-refractivity contribution >= 4 is 29.6 Å². The maximum Gasteiger partial charge on any atom is 0.320 e. The van der Waals surface area contributed by atoms with Crippen LogP contribution in [0.15, 0.2) is 47.7 Å². The zero-order valence-electron chi connectivity index (χ0n) is 17.6. The Labute approximate surface area is 181 Å². The Balaban J connectivity index is 1.55. The van der Waals surface area contributed by atoms with Gasteiger partial charge in [0.15, 0.2) is 5.82 Å². The van der Waals surface area contributed by atoms with Crippen LogP contribution in [-0.4, -0.2) is 41.8 Å². The van der Waals surface area contributed by atoms with Gasteiger partial charge in [0.25, 0.3) is 0 Å². The van der Waals surface area contributed by atoms with E-state index >= 15 is 0 Å². The Bertz CT molecular complexity index is 939. The van der Waals surface area contributed by atoms with Gasteiger partial charge >= 0.3 is 6.03 Å². The minimum absolute atomic E-state index is 0.261. The molecule has 31 heavy (non-hydrogen) atoms. The van der Waals surface area contributed by atoms with Gasteiger partial charge in [-0.05, 0) is 74.2 Å². The summed E-state index contributed by atoms with van der Waals surface area (Å²) >= 11 is 0. The fourth-order valence-electron chi connectivity index (χ4n) is 3.60. The third-order valence-corrected chi connectivity index (χ3v) is 5.10. The molecule has 0 spiro atoms. The number of amides is 2. The number of rotatable bonds is 7. The molecule has 4 N–H and O–H groups in total. The average molecular weight is 426 g/mol. The summed E-state index contributed by atoms with van der Waals surface area (Å²) in [5.41, 5.74) is 6.88. The fraction of sp³-hybridized carbons (Fsp3) is 0.364. The lowest BCUT2D eigenvalue weighted by Crippen LogP contribution is -2.35. The molecule has 0 atom stereocenters. The number of hydrogen-bond donors (Lipinski definition) is 3. The van der Waals surface area contributed by atoms with E-state index in [1.807, 2.05) is 24.0 Å². The standard InChI is InChI=1S/C22H28FN7O/c1-2-25-22(31)29-20-15-17(6-11-27-20)14-16-7-12-30(13-8-16)18-4-5-19(28-21(18)23)26-10-3-9-24/h3-6,9-11,15-16H,2,7-8,12-14,24H2,1H3,(H2,25,27,29,31)/b9-3-,26-10?. The Hall–Kier alpha value is -3.49. The van der Waals surface area contributed by atoms with Crippen molar-refractivity contribution in [2.24, 2.45) is 16.6 Å². The van der Waals surface area contributed by atoms with E-state index in [0.717, 1.165) is 37.9 Å². The quantitative estimate of drug-likeness (QED) is 0.465. The first-order chi connectivity index (χ1) is 15.1. The largest absolute Gasteiger partial charge is 0.405 e. The highest BCUT2D eigenvalue weighted by atomic mass is 19.1. The number of carbonyl (C=O) groups excluding carboxylic acids is 1. The molecule has 3 heterocycles. The van der Waals surface area contributed by atoms with E-state index in [-0.39, 0.29) is 6.03 Å². The normalized spacial score (nSPS) is 15.0. The minimum atomic E-state index is -0.514. The molecule has 0 aromatic carbocycles. The van der Waals surface area contributed by atoms with Crippen molar-refractivity contribution < 1.29 is 9.18 Å². The topological polar surface area (TPSA) is 109 Å². The molecule has 0 radical (unpaired) electrons. The van der Waals surface area contributed by atoms with Crippen molar-refractivity contribution in [3.63, 3.8) is 0 Å². The third kappa shape index (κ3) is 6.50. The van der Waals surface area contributed by atoms with Gasteiger partial charge in [-0.15, -0.1) is 0 Å². The molecule has 0 bridgehead atoms. The van der Waals surface area contributed by atoms with Crippen molar-refractivity contribution in [3.8, 4) is 0 Å². The number of urea groups is 1. The summed E-state index contributed by atoms with van der Waals surface area (Å²) in [4.78, 5) is 25.9. The summed E-state index contributed by atoms with van der Waals surface area (Å²) in [5.74, 6) is 0.821. The summed E-state index contributed by atoms with van der Waals surface area (Å²) in [5, 5.41) is 5.43. The van der Waals surface area contributed by atoms with Gasteiger partial charge in [-0.3, -0.25) is 5.32 Å². The lowest BCUT2D eigenvalue weighted by molar-refractivity contribution is 0.252. The molecule has 0 saturated carbocycles. The van der Waals surface area contributed by atoms with Gasteiger partial charge in [-0.1, -0.05) is 0 Å². The molecule has 2 aromatic rings. The van der Waals surface area contributed by atoms with Crippen molar-refractivity contribution in [2.45, 2.75) is 26.2 Å². The van der Waals surface area contributed by atoms with Crippen LogP contribution in [-0.2, 0) is 6.42 Å². The predicted molar refractivity (Wildman–Crippen MR) is 121 cm³/mol. The number of halogens is 1. The lowest BCUT2D eigenvalue weighted by atomic mass is 9.90. The molecule has 1 aliphatic heterocycles. The fourth-order valence-corrected chi connectivity index (χ4v) is 3.60. The molecule has 164 valence electrons.